The molecular formula is C13H16N2O3S. The lowest BCUT2D eigenvalue weighted by Gasteiger charge is -2.11. The number of aliphatic hydroxyl groups is 1. The summed E-state index contributed by atoms with van der Waals surface area (Å²) in [5.41, 5.74) is 0.703. The number of aliphatic hydroxyl groups excluding tert-OH is 1. The number of aryl methyl sites for hydroxylation is 2. The Bertz CT molecular complexity index is 548. The van der Waals surface area contributed by atoms with E-state index in [2.05, 4.69) is 10.6 Å². The highest BCUT2D eigenvalue weighted by atomic mass is 32.1. The first-order valence-corrected chi connectivity index (χ1v) is 6.77. The van der Waals surface area contributed by atoms with Crippen molar-refractivity contribution in [2.75, 3.05) is 11.9 Å². The number of amides is 2. The van der Waals surface area contributed by atoms with Crippen LogP contribution in [0.1, 0.15) is 23.2 Å². The Morgan fingerprint density at radius 1 is 1.53 bits per heavy atom. The van der Waals surface area contributed by atoms with E-state index in [1.165, 1.54) is 11.3 Å². The number of thiophene rings is 1. The number of urea groups is 1. The minimum atomic E-state index is -0.772. The number of hydrogen-bond acceptors (Lipinski definition) is 4. The maximum absolute atomic E-state index is 11.6. The fraction of sp³-hybridized carbons (Fsp3) is 0.308. The van der Waals surface area contributed by atoms with Gasteiger partial charge >= 0.3 is 6.03 Å². The van der Waals surface area contributed by atoms with Gasteiger partial charge in [0, 0.05) is 12.1 Å². The average Bonchev–Trinajstić information content (AvgIpc) is 2.96. The Kier molecular flexibility index (Phi) is 4.24. The van der Waals surface area contributed by atoms with Crippen LogP contribution >= 0.6 is 11.3 Å². The van der Waals surface area contributed by atoms with Crippen molar-refractivity contribution in [2.45, 2.75) is 20.0 Å². The molecule has 0 radical (unpaired) electrons. The molecule has 1 unspecified atom stereocenters. The van der Waals surface area contributed by atoms with Gasteiger partial charge in [0.25, 0.3) is 0 Å². The number of carbonyl (C=O) groups is 1. The van der Waals surface area contributed by atoms with Gasteiger partial charge in [0.15, 0.2) is 0 Å². The van der Waals surface area contributed by atoms with E-state index in [9.17, 15) is 9.90 Å². The number of rotatable bonds is 4. The molecule has 2 aromatic heterocycles. The smallest absolute Gasteiger partial charge is 0.319 e. The lowest BCUT2D eigenvalue weighted by molar-refractivity contribution is 0.173. The van der Waals surface area contributed by atoms with Gasteiger partial charge in [0.2, 0.25) is 0 Å². The van der Waals surface area contributed by atoms with Crippen molar-refractivity contribution in [3.63, 3.8) is 0 Å². The molecule has 102 valence electrons. The molecular weight excluding hydrogens is 264 g/mol. The normalized spacial score (nSPS) is 12.2. The molecule has 2 aromatic rings. The molecule has 19 heavy (non-hydrogen) atoms. The Balaban J connectivity index is 1.85. The van der Waals surface area contributed by atoms with Gasteiger partial charge in [0.1, 0.15) is 11.5 Å². The summed E-state index contributed by atoms with van der Waals surface area (Å²) in [5.74, 6) is 1.42. The van der Waals surface area contributed by atoms with Gasteiger partial charge in [-0.15, -0.1) is 11.3 Å². The summed E-state index contributed by atoms with van der Waals surface area (Å²) in [6.45, 7) is 3.74. The molecule has 5 nitrogen and oxygen atoms in total. The number of carbonyl (C=O) groups excluding carboxylic acids is 1. The highest BCUT2D eigenvalue weighted by Gasteiger charge is 2.15. The van der Waals surface area contributed by atoms with Crippen LogP contribution in [0.4, 0.5) is 9.80 Å². The molecule has 0 spiro atoms. The molecule has 0 aromatic carbocycles. The van der Waals surface area contributed by atoms with Crippen molar-refractivity contribution in [3.8, 4) is 0 Å². The van der Waals surface area contributed by atoms with Crippen molar-refractivity contribution >= 4 is 22.4 Å². The van der Waals surface area contributed by atoms with E-state index in [1.807, 2.05) is 24.4 Å². The van der Waals surface area contributed by atoms with Gasteiger partial charge in [-0.3, -0.25) is 5.32 Å². The predicted molar refractivity (Wildman–Crippen MR) is 74.5 cm³/mol. The summed E-state index contributed by atoms with van der Waals surface area (Å²) < 4.78 is 5.34. The first-order chi connectivity index (χ1) is 9.06. The molecule has 0 aliphatic rings. The monoisotopic (exact) mass is 280 g/mol. The molecule has 0 bridgehead atoms. The summed E-state index contributed by atoms with van der Waals surface area (Å²) in [6.07, 6.45) is -0.772. The van der Waals surface area contributed by atoms with Crippen LogP contribution in [0.5, 0.6) is 0 Å². The molecule has 0 aliphatic carbocycles. The SMILES string of the molecule is Cc1cc(C(O)CNC(=O)Nc2cccs2)c(C)o1. The van der Waals surface area contributed by atoms with Crippen molar-refractivity contribution in [1.82, 2.24) is 5.32 Å². The number of hydrogen-bond donors (Lipinski definition) is 3. The first kappa shape index (κ1) is 13.6. The molecule has 2 rings (SSSR count). The second-order valence-electron chi connectivity index (χ2n) is 4.20. The minimum absolute atomic E-state index is 0.136. The average molecular weight is 280 g/mol. The zero-order valence-electron chi connectivity index (χ0n) is 10.8. The number of nitrogens with one attached hydrogen (secondary N) is 2. The molecule has 3 N–H and O–H groups in total. The topological polar surface area (TPSA) is 74.5 Å². The van der Waals surface area contributed by atoms with Crippen molar-refractivity contribution in [1.29, 1.82) is 0 Å². The minimum Gasteiger partial charge on any atom is -0.466 e. The summed E-state index contributed by atoms with van der Waals surface area (Å²) in [6, 6.07) is 5.11. The van der Waals surface area contributed by atoms with E-state index >= 15 is 0 Å². The lowest BCUT2D eigenvalue weighted by Crippen LogP contribution is -2.32. The lowest BCUT2D eigenvalue weighted by atomic mass is 10.1. The number of anilines is 1. The fourth-order valence-corrected chi connectivity index (χ4v) is 2.40. The molecule has 1 atom stereocenters. The molecule has 2 heterocycles. The van der Waals surface area contributed by atoms with Crippen LogP contribution in [0.15, 0.2) is 28.0 Å². The van der Waals surface area contributed by atoms with Crippen LogP contribution in [0.25, 0.3) is 0 Å². The van der Waals surface area contributed by atoms with Gasteiger partial charge in [-0.25, -0.2) is 4.79 Å². The summed E-state index contributed by atoms with van der Waals surface area (Å²) in [4.78, 5) is 11.6. The van der Waals surface area contributed by atoms with E-state index in [0.29, 0.717) is 11.3 Å². The third-order valence-corrected chi connectivity index (χ3v) is 3.44. The van der Waals surface area contributed by atoms with Crippen LogP contribution in [0.2, 0.25) is 0 Å². The van der Waals surface area contributed by atoms with Crippen molar-refractivity contribution in [2.24, 2.45) is 0 Å². The first-order valence-electron chi connectivity index (χ1n) is 5.89. The predicted octanol–water partition coefficient (Wildman–Crippen LogP) is 2.81. The van der Waals surface area contributed by atoms with E-state index < -0.39 is 6.10 Å². The standard InChI is InChI=1S/C13H16N2O3S/c1-8-6-10(9(2)18-8)11(16)7-14-13(17)15-12-4-3-5-19-12/h3-6,11,16H,7H2,1-2H3,(H2,14,15,17). The molecule has 6 heteroatoms. The van der Waals surface area contributed by atoms with Crippen molar-refractivity contribution < 1.29 is 14.3 Å². The Morgan fingerprint density at radius 2 is 2.32 bits per heavy atom. The second kappa shape index (κ2) is 5.90. The highest BCUT2D eigenvalue weighted by Crippen LogP contribution is 2.21. The Morgan fingerprint density at radius 3 is 2.89 bits per heavy atom. The quantitative estimate of drug-likeness (QED) is 0.806. The molecule has 0 fully saturated rings. The van der Waals surface area contributed by atoms with Crippen LogP contribution in [0.3, 0.4) is 0 Å². The van der Waals surface area contributed by atoms with Gasteiger partial charge in [-0.05, 0) is 37.4 Å². The van der Waals surface area contributed by atoms with Gasteiger partial charge in [-0.1, -0.05) is 0 Å². The maximum Gasteiger partial charge on any atom is 0.319 e. The Labute approximate surface area is 115 Å². The Hall–Kier alpha value is -1.79. The molecule has 0 saturated carbocycles. The highest BCUT2D eigenvalue weighted by molar-refractivity contribution is 7.14. The van der Waals surface area contributed by atoms with Gasteiger partial charge in [0.05, 0.1) is 11.1 Å². The van der Waals surface area contributed by atoms with Crippen LogP contribution in [-0.4, -0.2) is 17.7 Å². The molecule has 0 saturated heterocycles. The van der Waals surface area contributed by atoms with Crippen molar-refractivity contribution in [3.05, 3.63) is 40.7 Å². The van der Waals surface area contributed by atoms with Crippen LogP contribution in [0, 0.1) is 13.8 Å². The zero-order chi connectivity index (χ0) is 13.8. The summed E-state index contributed by atoms with van der Waals surface area (Å²) in [7, 11) is 0. The van der Waals surface area contributed by atoms with E-state index in [4.69, 9.17) is 4.42 Å². The fourth-order valence-electron chi connectivity index (χ4n) is 1.79. The van der Waals surface area contributed by atoms with Crippen LogP contribution < -0.4 is 10.6 Å². The van der Waals surface area contributed by atoms with Gasteiger partial charge in [-0.2, -0.15) is 0 Å². The largest absolute Gasteiger partial charge is 0.466 e. The maximum atomic E-state index is 11.6. The summed E-state index contributed by atoms with van der Waals surface area (Å²) in [5, 5.41) is 17.9. The molecule has 0 aliphatic heterocycles. The third kappa shape index (κ3) is 3.59. The zero-order valence-corrected chi connectivity index (χ0v) is 11.6. The van der Waals surface area contributed by atoms with Crippen LogP contribution in [-0.2, 0) is 0 Å². The molecule has 2 amide bonds. The summed E-state index contributed by atoms with van der Waals surface area (Å²) >= 11 is 1.44. The third-order valence-electron chi connectivity index (χ3n) is 2.65. The number of furan rings is 1. The van der Waals surface area contributed by atoms with E-state index in [0.717, 1.165) is 10.8 Å². The van der Waals surface area contributed by atoms with Gasteiger partial charge < -0.3 is 14.8 Å². The van der Waals surface area contributed by atoms with E-state index in [1.54, 1.807) is 13.0 Å². The van der Waals surface area contributed by atoms with E-state index in [-0.39, 0.29) is 12.6 Å². The second-order valence-corrected chi connectivity index (χ2v) is 5.14.